The predicted octanol–water partition coefficient (Wildman–Crippen LogP) is 3.14. The third kappa shape index (κ3) is 2.56. The lowest BCUT2D eigenvalue weighted by Crippen LogP contribution is -2.61. The van der Waals surface area contributed by atoms with E-state index >= 15 is 0 Å². The first-order valence-corrected chi connectivity index (χ1v) is 9.98. The number of aromatic nitrogens is 3. The third-order valence-corrected chi connectivity index (χ3v) is 6.73. The molecule has 3 saturated heterocycles. The fourth-order valence-corrected chi connectivity index (χ4v) is 5.74. The molecule has 4 aliphatic rings. The summed E-state index contributed by atoms with van der Waals surface area (Å²) in [6, 6.07) is 0. The van der Waals surface area contributed by atoms with Crippen molar-refractivity contribution in [2.45, 2.75) is 38.8 Å². The van der Waals surface area contributed by atoms with Crippen molar-refractivity contribution in [3.63, 3.8) is 0 Å². The molecule has 0 spiro atoms. The highest BCUT2D eigenvalue weighted by molar-refractivity contribution is 7.16. The number of ether oxygens (including phenoxy) is 1. The Balaban J connectivity index is 1.31. The number of hydrogen-bond acceptors (Lipinski definition) is 5. The summed E-state index contributed by atoms with van der Waals surface area (Å²) in [5.41, 5.74) is 1.15. The van der Waals surface area contributed by atoms with Crippen LogP contribution in [0.1, 0.15) is 26.2 Å². The Bertz CT molecular complexity index is 696. The number of hydrogen-bond donors (Lipinski definition) is 0. The average molecular weight is 344 g/mol. The van der Waals surface area contributed by atoms with E-state index in [0.717, 1.165) is 34.5 Å². The summed E-state index contributed by atoms with van der Waals surface area (Å²) >= 11 is 1.66. The summed E-state index contributed by atoms with van der Waals surface area (Å²) in [6.45, 7) is 6.90. The standard InChI is InChI=1S/C18H24N4OS/c1-2-3-22-11-15(6-20-22)16-7-19-18(24-16)23-17-13-4-12-5-14(17)10-21(8-12)9-13/h6-7,11-14,17H,2-5,8-10H2,1H3/t12?,13-,14-,17?/m0/s1. The van der Waals surface area contributed by atoms with Gasteiger partial charge >= 0.3 is 0 Å². The number of thiazole rings is 1. The molecule has 0 amide bonds. The van der Waals surface area contributed by atoms with E-state index < -0.39 is 0 Å². The summed E-state index contributed by atoms with van der Waals surface area (Å²) in [5, 5.41) is 5.25. The van der Waals surface area contributed by atoms with Crippen molar-refractivity contribution in [1.29, 1.82) is 0 Å². The smallest absolute Gasteiger partial charge is 0.274 e. The molecule has 1 aliphatic carbocycles. The maximum absolute atomic E-state index is 6.40. The van der Waals surface area contributed by atoms with Crippen LogP contribution in [-0.2, 0) is 6.54 Å². The van der Waals surface area contributed by atoms with Crippen molar-refractivity contribution >= 4 is 11.3 Å². The van der Waals surface area contributed by atoms with E-state index in [1.807, 2.05) is 17.1 Å². The monoisotopic (exact) mass is 344 g/mol. The number of nitrogens with zero attached hydrogens (tertiary/aromatic N) is 4. The van der Waals surface area contributed by atoms with E-state index in [1.165, 1.54) is 32.5 Å². The van der Waals surface area contributed by atoms with Crippen LogP contribution in [-0.4, -0.2) is 45.4 Å². The van der Waals surface area contributed by atoms with Crippen LogP contribution in [0.5, 0.6) is 5.19 Å². The maximum atomic E-state index is 6.40. The van der Waals surface area contributed by atoms with E-state index in [2.05, 4.69) is 28.1 Å². The molecule has 6 heteroatoms. The molecule has 24 heavy (non-hydrogen) atoms. The molecule has 0 unspecified atom stereocenters. The predicted molar refractivity (Wildman–Crippen MR) is 94.2 cm³/mol. The molecule has 1 saturated carbocycles. The van der Waals surface area contributed by atoms with Crippen molar-refractivity contribution in [2.75, 3.05) is 19.6 Å². The minimum absolute atomic E-state index is 0.375. The van der Waals surface area contributed by atoms with Crippen molar-refractivity contribution in [2.24, 2.45) is 17.8 Å². The Morgan fingerprint density at radius 3 is 2.79 bits per heavy atom. The molecule has 128 valence electrons. The summed E-state index contributed by atoms with van der Waals surface area (Å²) in [6.07, 6.45) is 10.1. The van der Waals surface area contributed by atoms with Crippen LogP contribution in [0, 0.1) is 17.8 Å². The molecule has 0 N–H and O–H groups in total. The molecule has 2 aromatic heterocycles. The lowest BCUT2D eigenvalue weighted by molar-refractivity contribution is -0.0985. The molecule has 4 bridgehead atoms. The van der Waals surface area contributed by atoms with Gasteiger partial charge in [0.2, 0.25) is 0 Å². The first-order chi connectivity index (χ1) is 11.8. The second-order valence-corrected chi connectivity index (χ2v) is 8.63. The second-order valence-electron chi connectivity index (χ2n) is 7.64. The Morgan fingerprint density at radius 1 is 1.21 bits per heavy atom. The molecule has 0 aromatic carbocycles. The highest BCUT2D eigenvalue weighted by atomic mass is 32.1. The van der Waals surface area contributed by atoms with Crippen LogP contribution >= 0.6 is 11.3 Å². The molecule has 6 rings (SSSR count). The number of piperidine rings is 3. The van der Waals surface area contributed by atoms with Gasteiger partial charge in [0.15, 0.2) is 0 Å². The highest BCUT2D eigenvalue weighted by Gasteiger charge is 2.48. The van der Waals surface area contributed by atoms with Crippen molar-refractivity contribution in [3.05, 3.63) is 18.6 Å². The summed E-state index contributed by atoms with van der Waals surface area (Å²) < 4.78 is 8.40. The highest BCUT2D eigenvalue weighted by Crippen LogP contribution is 2.45. The first-order valence-electron chi connectivity index (χ1n) is 9.16. The van der Waals surface area contributed by atoms with E-state index in [-0.39, 0.29) is 0 Å². The van der Waals surface area contributed by atoms with E-state index in [1.54, 1.807) is 11.3 Å². The number of rotatable bonds is 5. The zero-order chi connectivity index (χ0) is 16.1. The fourth-order valence-electron chi connectivity index (χ4n) is 4.96. The Hall–Kier alpha value is -1.40. The molecular weight excluding hydrogens is 320 g/mol. The lowest BCUT2D eigenvalue weighted by atomic mass is 9.66. The zero-order valence-electron chi connectivity index (χ0n) is 14.1. The van der Waals surface area contributed by atoms with Gasteiger partial charge < -0.3 is 9.64 Å². The maximum Gasteiger partial charge on any atom is 0.274 e. The van der Waals surface area contributed by atoms with Gasteiger partial charge in [-0.25, -0.2) is 4.98 Å². The van der Waals surface area contributed by atoms with Crippen LogP contribution in [0.15, 0.2) is 18.6 Å². The van der Waals surface area contributed by atoms with Crippen LogP contribution in [0.25, 0.3) is 10.4 Å². The van der Waals surface area contributed by atoms with E-state index in [9.17, 15) is 0 Å². The van der Waals surface area contributed by atoms with Crippen molar-refractivity contribution in [1.82, 2.24) is 19.7 Å². The van der Waals surface area contributed by atoms with E-state index in [4.69, 9.17) is 4.74 Å². The Morgan fingerprint density at radius 2 is 2.04 bits per heavy atom. The fraction of sp³-hybridized carbons (Fsp3) is 0.667. The van der Waals surface area contributed by atoms with Gasteiger partial charge in [0.25, 0.3) is 5.19 Å². The molecule has 3 aliphatic heterocycles. The molecule has 0 radical (unpaired) electrons. The molecule has 5 nitrogen and oxygen atoms in total. The summed E-state index contributed by atoms with van der Waals surface area (Å²) in [5.74, 6) is 2.32. The zero-order valence-corrected chi connectivity index (χ0v) is 14.9. The van der Waals surface area contributed by atoms with Gasteiger partial charge in [-0.05, 0) is 25.2 Å². The minimum Gasteiger partial charge on any atom is -0.466 e. The molecule has 4 fully saturated rings. The largest absolute Gasteiger partial charge is 0.466 e. The first kappa shape index (κ1) is 14.9. The minimum atomic E-state index is 0.375. The lowest BCUT2D eigenvalue weighted by Gasteiger charge is -2.55. The normalized spacial score (nSPS) is 34.0. The van der Waals surface area contributed by atoms with Crippen molar-refractivity contribution < 1.29 is 4.74 Å². The van der Waals surface area contributed by atoms with Crippen LogP contribution in [0.2, 0.25) is 0 Å². The van der Waals surface area contributed by atoms with E-state index in [0.29, 0.717) is 17.9 Å². The van der Waals surface area contributed by atoms with Gasteiger partial charge in [-0.2, -0.15) is 5.10 Å². The van der Waals surface area contributed by atoms with Crippen molar-refractivity contribution in [3.8, 4) is 15.6 Å². The second kappa shape index (κ2) is 5.85. The van der Waals surface area contributed by atoms with Gasteiger partial charge in [-0.1, -0.05) is 18.3 Å². The van der Waals surface area contributed by atoms with Gasteiger partial charge in [-0.3, -0.25) is 4.68 Å². The molecular formula is C18H24N4OS. The average Bonchev–Trinajstić information content (AvgIpc) is 3.20. The summed E-state index contributed by atoms with van der Waals surface area (Å²) in [7, 11) is 0. The number of aryl methyl sites for hydroxylation is 1. The molecule has 2 atom stereocenters. The van der Waals surface area contributed by atoms with Crippen LogP contribution in [0.4, 0.5) is 0 Å². The molecule has 5 heterocycles. The summed E-state index contributed by atoms with van der Waals surface area (Å²) in [4.78, 5) is 8.34. The van der Waals surface area contributed by atoms with Gasteiger partial charge in [0.1, 0.15) is 6.10 Å². The van der Waals surface area contributed by atoms with Gasteiger partial charge in [-0.15, -0.1) is 0 Å². The van der Waals surface area contributed by atoms with Gasteiger partial charge in [0.05, 0.1) is 11.1 Å². The Labute approximate surface area is 146 Å². The molecule has 2 aromatic rings. The third-order valence-electron chi connectivity index (χ3n) is 5.80. The van der Waals surface area contributed by atoms with Crippen LogP contribution in [0.3, 0.4) is 0 Å². The van der Waals surface area contributed by atoms with Crippen LogP contribution < -0.4 is 4.74 Å². The quantitative estimate of drug-likeness (QED) is 0.836. The Kier molecular flexibility index (Phi) is 3.63. The topological polar surface area (TPSA) is 43.2 Å². The van der Waals surface area contributed by atoms with Gasteiger partial charge in [0, 0.05) is 56.0 Å². The SMILES string of the molecule is CCCn1cc(-c2cnc(OC3[C@H]4CC5C[C@H]3CN(C5)C4)s2)cn1.